The van der Waals surface area contributed by atoms with E-state index in [9.17, 15) is 56.7 Å². The van der Waals surface area contributed by atoms with Crippen LogP contribution in [0.2, 0.25) is 0 Å². The topological polar surface area (TPSA) is 383 Å². The minimum atomic E-state index is -0.495. The average molecular weight is 1910 g/mol. The van der Waals surface area contributed by atoms with Crippen molar-refractivity contribution in [3.8, 4) is 132 Å². The highest BCUT2D eigenvalue weighted by atomic mass is 19.1. The number of para-hydroxylation sites is 1. The number of benzene rings is 10. The predicted octanol–water partition coefficient (Wildman–Crippen LogP) is 16.9. The number of hydrogen-bond donors (Lipinski definition) is 0. The normalized spacial score (nSPS) is 12.3. The van der Waals surface area contributed by atoms with Gasteiger partial charge in [0.05, 0.1) is 126 Å². The van der Waals surface area contributed by atoms with Gasteiger partial charge in [-0.25, -0.2) is 8.78 Å². The number of ether oxygens (including phenoxy) is 23. The monoisotopic (exact) mass is 1910 g/mol. The third-order valence-corrected chi connectivity index (χ3v) is 21.7. The average Bonchev–Trinajstić information content (AvgIpc) is 0.795. The second-order valence-electron chi connectivity index (χ2n) is 30.0. The molecule has 0 radical (unpaired) electrons. The quantitative estimate of drug-likeness (QED) is 0.0324. The van der Waals surface area contributed by atoms with Crippen molar-refractivity contribution in [3.05, 3.63) is 219 Å². The number of Topliss-reactive ketones (excluding diaryl/α,β-unsaturated/α-hetero) is 10. The Balaban J connectivity index is 0.000000165. The Bertz CT molecular complexity index is 6090. The zero-order valence-electron chi connectivity index (χ0n) is 78.3. The van der Waals surface area contributed by atoms with Crippen LogP contribution in [-0.2, 0) is 0 Å². The summed E-state index contributed by atoms with van der Waals surface area (Å²) in [6.07, 6.45) is 0.0851. The molecule has 33 nitrogen and oxygen atoms in total. The highest BCUT2D eigenvalue weighted by molar-refractivity contribution is 6.09. The molecule has 0 aromatic heterocycles. The lowest BCUT2D eigenvalue weighted by Crippen LogP contribution is -2.17. The molecule has 728 valence electrons. The van der Waals surface area contributed by atoms with Gasteiger partial charge in [-0.1, -0.05) is 36.4 Å². The Morgan fingerprint density at radius 3 is 0.746 bits per heavy atom. The number of methoxy groups -OCH3 is 13. The molecule has 15 rings (SSSR count). The van der Waals surface area contributed by atoms with Crippen molar-refractivity contribution in [1.29, 1.82) is 0 Å². The first-order chi connectivity index (χ1) is 66.9. The van der Waals surface area contributed by atoms with E-state index in [1.165, 1.54) is 134 Å². The lowest BCUT2D eigenvalue weighted by atomic mass is 9.99. The van der Waals surface area contributed by atoms with Gasteiger partial charge >= 0.3 is 0 Å². The molecule has 0 N–H and O–H groups in total. The minimum absolute atomic E-state index is 0.00955. The largest absolute Gasteiger partial charge is 0.497 e. The minimum Gasteiger partial charge on any atom is -0.497 e. The third-order valence-electron chi connectivity index (χ3n) is 21.7. The van der Waals surface area contributed by atoms with E-state index in [1.54, 1.807) is 104 Å². The van der Waals surface area contributed by atoms with Gasteiger partial charge in [0.15, 0.2) is 115 Å². The zero-order chi connectivity index (χ0) is 99.1. The summed E-state index contributed by atoms with van der Waals surface area (Å²) in [7, 11) is 19.1. The molecule has 5 aliphatic heterocycles. The maximum absolute atomic E-state index is 13.3. The summed E-state index contributed by atoms with van der Waals surface area (Å²) in [6.45, 7) is 3.73. The fraction of sp³-hybridized carbons (Fsp3) is 0.320. The molecule has 5 aliphatic rings. The van der Waals surface area contributed by atoms with Crippen molar-refractivity contribution in [2.75, 3.05) is 158 Å². The molecule has 138 heavy (non-hydrogen) atoms. The Kier molecular flexibility index (Phi) is 37.2. The number of fused-ring (bicyclic) bond motifs is 5. The summed E-state index contributed by atoms with van der Waals surface area (Å²) < 4.78 is 151. The Morgan fingerprint density at radius 1 is 0.210 bits per heavy atom. The van der Waals surface area contributed by atoms with E-state index in [4.69, 9.17) is 109 Å². The number of carbonyl (C=O) groups is 10. The molecular weight excluding hydrogens is 1800 g/mol. The van der Waals surface area contributed by atoms with E-state index in [2.05, 4.69) is 0 Å². The smallest absolute Gasteiger partial charge is 0.208 e. The van der Waals surface area contributed by atoms with E-state index in [1.807, 2.05) is 0 Å². The molecule has 0 amide bonds. The Morgan fingerprint density at radius 2 is 0.464 bits per heavy atom. The van der Waals surface area contributed by atoms with Crippen molar-refractivity contribution < 1.29 is 166 Å². The molecule has 35 heteroatoms. The lowest BCUT2D eigenvalue weighted by Gasteiger charge is -2.23. The van der Waals surface area contributed by atoms with Gasteiger partial charge in [0.2, 0.25) is 57.5 Å². The van der Waals surface area contributed by atoms with Crippen LogP contribution in [0.5, 0.6) is 132 Å². The second kappa shape index (κ2) is 49.9. The van der Waals surface area contributed by atoms with Gasteiger partial charge in [0.25, 0.3) is 0 Å². The number of ketones is 10. The van der Waals surface area contributed by atoms with E-state index in [0.29, 0.717) is 191 Å². The Hall–Kier alpha value is -15.8. The van der Waals surface area contributed by atoms with Crippen molar-refractivity contribution in [3.63, 3.8) is 0 Å². The van der Waals surface area contributed by atoms with E-state index in [0.717, 1.165) is 6.07 Å². The molecule has 10 aromatic carbocycles. The molecule has 0 bridgehead atoms. The summed E-state index contributed by atoms with van der Waals surface area (Å²) in [5, 5.41) is 0. The van der Waals surface area contributed by atoms with Crippen LogP contribution in [0.25, 0.3) is 0 Å². The van der Waals surface area contributed by atoms with E-state index < -0.39 is 11.6 Å². The molecule has 0 saturated heterocycles. The van der Waals surface area contributed by atoms with Crippen LogP contribution < -0.4 is 109 Å². The van der Waals surface area contributed by atoms with Crippen LogP contribution >= 0.6 is 0 Å². The maximum Gasteiger partial charge on any atom is 0.208 e. The summed E-state index contributed by atoms with van der Waals surface area (Å²) in [6, 6.07) is 39.0. The highest BCUT2D eigenvalue weighted by Crippen LogP contribution is 2.54. The number of halogens is 2. The summed E-state index contributed by atoms with van der Waals surface area (Å²) in [5.41, 5.74) is 3.44. The number of carbonyl (C=O) groups excluding carboxylic acids is 10. The van der Waals surface area contributed by atoms with E-state index >= 15 is 0 Å². The van der Waals surface area contributed by atoms with Gasteiger partial charge in [0, 0.05) is 86.5 Å². The SMILES string of the molecule is COc1c(C(=O)CCC(=O)c2ccc(F)cc2)cc2c(c1OC)OCCO2.COc1c(C(=O)CCC(=O)c2cccc(F)c2)cc2c(c1OC)OCCO2.COc1ccc(C(=O)CCC(=O)c2cc3c(c(OC)c2OC)OCCO3)cc1.COc1cccc(C(=O)CCC(=O)c2cc3c(c(OC)c2OC)OCCO3)c1.COc1ccccc1C(=O)CCC(=O)c1cc2c(c(OC)c1OC)OCCO2. The first kappa shape index (κ1) is 103. The highest BCUT2D eigenvalue weighted by Gasteiger charge is 2.35. The van der Waals surface area contributed by atoms with Gasteiger partial charge in [-0.15, -0.1) is 0 Å². The summed E-state index contributed by atoms with van der Waals surface area (Å²) in [5.74, 6) is 5.28. The number of rotatable bonds is 38. The molecule has 10 aromatic rings. The zero-order valence-corrected chi connectivity index (χ0v) is 78.3. The molecule has 0 fully saturated rings. The van der Waals surface area contributed by atoms with Crippen LogP contribution in [0, 0.1) is 11.6 Å². The van der Waals surface area contributed by atoms with Gasteiger partial charge in [0.1, 0.15) is 95.0 Å². The Labute approximate surface area is 793 Å². The van der Waals surface area contributed by atoms with Gasteiger partial charge < -0.3 is 109 Å². The number of hydrogen-bond acceptors (Lipinski definition) is 33. The van der Waals surface area contributed by atoms with E-state index in [-0.39, 0.29) is 185 Å². The van der Waals surface area contributed by atoms with Crippen LogP contribution in [0.3, 0.4) is 0 Å². The standard InChI is InChI=1S/3C21H22O7.2C20H19FO6/c1-24-14-6-4-13(5-7-14)16(22)8-9-17(23)15-12-18-20(28-11-10-27-18)21(26-3)19(15)25-2;1-24-14-6-4-5-13(11-14)16(22)7-8-17(23)15-12-18-20(28-10-9-27-18)21(26-3)19(15)25-2;1-24-17-7-5-4-6-13(17)15(22)8-9-16(23)14-12-18-20(28-11-10-27-18)21(26-3)19(14)25-2;1-24-18-14(11-17-19(20(18)25-2)27-10-9-26-17)16(23)8-7-15(22)12-3-5-13(21)6-4-12;1-24-18-14(11-17-19(20(18)25-2)27-9-8-26-17)16(23)7-6-15(22)12-4-3-5-13(21)10-12/h4-7,12H,8-11H2,1-3H3;4-6,11-12H,7-10H2,1-3H3;4-7,12H,8-11H2,1-3H3;3-6,11H,7-10H2,1-2H3;3-5,10-11H,6-9H2,1-2H3. The molecule has 0 spiro atoms. The molecule has 0 unspecified atom stereocenters. The first-order valence-electron chi connectivity index (χ1n) is 43.3. The molecule has 5 heterocycles. The first-order valence-corrected chi connectivity index (χ1v) is 43.3. The molecule has 0 atom stereocenters. The van der Waals surface area contributed by atoms with Crippen LogP contribution in [0.1, 0.15) is 168 Å². The van der Waals surface area contributed by atoms with Crippen molar-refractivity contribution in [1.82, 2.24) is 0 Å². The van der Waals surface area contributed by atoms with Crippen molar-refractivity contribution in [2.45, 2.75) is 64.2 Å². The maximum atomic E-state index is 13.3. The lowest BCUT2D eigenvalue weighted by molar-refractivity contribution is 0.0913. The van der Waals surface area contributed by atoms with Crippen LogP contribution in [0.15, 0.2) is 152 Å². The fourth-order valence-electron chi connectivity index (χ4n) is 14.9. The second-order valence-corrected chi connectivity index (χ2v) is 30.0. The van der Waals surface area contributed by atoms with Crippen LogP contribution in [0.4, 0.5) is 8.78 Å². The van der Waals surface area contributed by atoms with Crippen molar-refractivity contribution >= 4 is 57.8 Å². The molecular formula is C103H104F2O33. The summed E-state index contributed by atoms with van der Waals surface area (Å²) in [4.78, 5) is 126. The molecule has 0 saturated carbocycles. The van der Waals surface area contributed by atoms with Crippen molar-refractivity contribution in [2.24, 2.45) is 0 Å². The third kappa shape index (κ3) is 25.0. The molecule has 0 aliphatic carbocycles. The van der Waals surface area contributed by atoms with Gasteiger partial charge in [-0.3, -0.25) is 47.9 Å². The predicted molar refractivity (Wildman–Crippen MR) is 494 cm³/mol. The van der Waals surface area contributed by atoms with Crippen LogP contribution in [-0.4, -0.2) is 216 Å². The van der Waals surface area contributed by atoms with Gasteiger partial charge in [-0.05, 0) is 115 Å². The summed E-state index contributed by atoms with van der Waals surface area (Å²) >= 11 is 0. The van der Waals surface area contributed by atoms with Gasteiger partial charge in [-0.2, -0.15) is 0 Å². The fourth-order valence-corrected chi connectivity index (χ4v) is 14.9.